The molecule has 42 heavy (non-hydrogen) atoms. The van der Waals surface area contributed by atoms with Gasteiger partial charge < -0.3 is 23.5 Å². The molecule has 1 atom stereocenters. The molecule has 2 aliphatic rings. The summed E-state index contributed by atoms with van der Waals surface area (Å²) in [4.78, 5) is 23.4. The normalized spacial score (nSPS) is 19.0. The van der Waals surface area contributed by atoms with Crippen LogP contribution in [-0.4, -0.2) is 52.2 Å². The summed E-state index contributed by atoms with van der Waals surface area (Å²) in [5, 5.41) is 0.539. The molecule has 4 heterocycles. The maximum Gasteiger partial charge on any atom is 0.387 e. The van der Waals surface area contributed by atoms with Gasteiger partial charge in [-0.05, 0) is 62.2 Å². The largest absolute Gasteiger partial charge is 0.465 e. The average Bonchev–Trinajstić information content (AvgIpc) is 3.49. The summed E-state index contributed by atoms with van der Waals surface area (Å²) in [5.41, 5.74) is 2.61. The summed E-state index contributed by atoms with van der Waals surface area (Å²) in [6, 6.07) is 12.3. The van der Waals surface area contributed by atoms with Gasteiger partial charge in [0.1, 0.15) is 17.0 Å². The number of benzene rings is 2. The molecule has 1 fully saturated rings. The number of carbonyl (C=O) groups is 1. The van der Waals surface area contributed by atoms with Crippen molar-refractivity contribution >= 4 is 28.6 Å². The smallest absolute Gasteiger partial charge is 0.387 e. The Hall–Kier alpha value is -3.96. The lowest BCUT2D eigenvalue weighted by Crippen LogP contribution is -2.34. The SMILES string of the molecule is COC(=O)c1cc(OC(F)F)c2nc(CN3CCC(c4cccc5c4O[C@@](C)(c4ccc(Cl)cn4)O5)CC3)n(C)c2c1. The van der Waals surface area contributed by atoms with Crippen molar-refractivity contribution in [2.24, 2.45) is 7.05 Å². The van der Waals surface area contributed by atoms with Crippen LogP contribution in [0.2, 0.25) is 5.02 Å². The number of ether oxygens (including phenoxy) is 4. The van der Waals surface area contributed by atoms with Crippen LogP contribution in [0.1, 0.15) is 53.1 Å². The molecule has 2 aliphatic heterocycles. The molecule has 12 heteroatoms. The number of halogens is 3. The zero-order chi connectivity index (χ0) is 29.6. The van der Waals surface area contributed by atoms with Crippen molar-refractivity contribution in [3.63, 3.8) is 0 Å². The maximum absolute atomic E-state index is 13.1. The van der Waals surface area contributed by atoms with Crippen molar-refractivity contribution in [1.29, 1.82) is 0 Å². The van der Waals surface area contributed by atoms with E-state index in [9.17, 15) is 13.6 Å². The number of pyridine rings is 1. The van der Waals surface area contributed by atoms with Crippen LogP contribution in [0.15, 0.2) is 48.7 Å². The Labute approximate surface area is 245 Å². The molecule has 9 nitrogen and oxygen atoms in total. The Kier molecular flexibility index (Phi) is 7.40. The number of fused-ring (bicyclic) bond motifs is 2. The first-order chi connectivity index (χ1) is 20.1. The highest BCUT2D eigenvalue weighted by Crippen LogP contribution is 2.49. The van der Waals surface area contributed by atoms with E-state index in [2.05, 4.69) is 20.9 Å². The second-order valence-electron chi connectivity index (χ2n) is 10.5. The molecule has 0 radical (unpaired) electrons. The van der Waals surface area contributed by atoms with Crippen molar-refractivity contribution < 1.29 is 32.5 Å². The predicted molar refractivity (Wildman–Crippen MR) is 150 cm³/mol. The second kappa shape index (κ2) is 11.0. The fraction of sp³-hybridized carbons (Fsp3) is 0.367. The number of hydrogen-bond donors (Lipinski definition) is 0. The highest BCUT2D eigenvalue weighted by atomic mass is 35.5. The number of methoxy groups -OCH3 is 1. The molecule has 1 saturated heterocycles. The second-order valence-corrected chi connectivity index (χ2v) is 11.0. The summed E-state index contributed by atoms with van der Waals surface area (Å²) < 4.78 is 50.2. The quantitative estimate of drug-likeness (QED) is 0.238. The molecule has 2 aromatic carbocycles. The zero-order valence-corrected chi connectivity index (χ0v) is 24.0. The minimum Gasteiger partial charge on any atom is -0.465 e. The fourth-order valence-electron chi connectivity index (χ4n) is 5.69. The van der Waals surface area contributed by atoms with Crippen LogP contribution in [0.5, 0.6) is 17.2 Å². The number of nitrogens with zero attached hydrogens (tertiary/aromatic N) is 4. The van der Waals surface area contributed by atoms with Gasteiger partial charge in [0.05, 0.1) is 29.8 Å². The molecule has 0 spiro atoms. The first-order valence-electron chi connectivity index (χ1n) is 13.5. The minimum absolute atomic E-state index is 0.112. The molecule has 0 aliphatic carbocycles. The average molecular weight is 599 g/mol. The number of para-hydroxylation sites is 1. The van der Waals surface area contributed by atoms with E-state index in [4.69, 9.17) is 30.5 Å². The van der Waals surface area contributed by atoms with Gasteiger partial charge in [-0.15, -0.1) is 0 Å². The number of esters is 1. The third-order valence-corrected chi connectivity index (χ3v) is 8.10. The van der Waals surface area contributed by atoms with Crippen LogP contribution in [-0.2, 0) is 24.1 Å². The zero-order valence-electron chi connectivity index (χ0n) is 23.3. The number of imidazole rings is 1. The topological polar surface area (TPSA) is 87.9 Å². The summed E-state index contributed by atoms with van der Waals surface area (Å²) >= 11 is 6.02. The van der Waals surface area contributed by atoms with E-state index in [1.165, 1.54) is 13.2 Å². The Bertz CT molecular complexity index is 1640. The number of hydrogen-bond acceptors (Lipinski definition) is 8. The number of likely N-dealkylation sites (tertiary alicyclic amines) is 1. The lowest BCUT2D eigenvalue weighted by atomic mass is 9.88. The number of carbonyl (C=O) groups excluding carboxylic acids is 1. The molecule has 0 N–H and O–H groups in total. The maximum atomic E-state index is 13.1. The fourth-order valence-corrected chi connectivity index (χ4v) is 5.80. The molecule has 2 aromatic heterocycles. The number of aromatic nitrogens is 3. The van der Waals surface area contributed by atoms with E-state index in [0.717, 1.165) is 37.2 Å². The van der Waals surface area contributed by atoms with Gasteiger partial charge in [0.25, 0.3) is 5.79 Å². The minimum atomic E-state index is -3.06. The van der Waals surface area contributed by atoms with Crippen LogP contribution >= 0.6 is 11.6 Å². The molecule has 0 amide bonds. The monoisotopic (exact) mass is 598 g/mol. The van der Waals surface area contributed by atoms with Crippen molar-refractivity contribution in [2.75, 3.05) is 20.2 Å². The van der Waals surface area contributed by atoms with Crippen molar-refractivity contribution in [3.8, 4) is 17.2 Å². The highest BCUT2D eigenvalue weighted by molar-refractivity contribution is 6.30. The van der Waals surface area contributed by atoms with Gasteiger partial charge in [-0.25, -0.2) is 9.78 Å². The number of rotatable bonds is 7. The van der Waals surface area contributed by atoms with Crippen molar-refractivity contribution in [1.82, 2.24) is 19.4 Å². The third-order valence-electron chi connectivity index (χ3n) is 7.88. The molecule has 6 rings (SSSR count). The lowest BCUT2D eigenvalue weighted by molar-refractivity contribution is -0.0722. The van der Waals surface area contributed by atoms with Crippen LogP contribution in [0, 0.1) is 0 Å². The predicted octanol–water partition coefficient (Wildman–Crippen LogP) is 6.03. The van der Waals surface area contributed by atoms with Gasteiger partial charge in [0, 0.05) is 25.7 Å². The van der Waals surface area contributed by atoms with Crippen LogP contribution in [0.3, 0.4) is 0 Å². The molecule has 0 saturated carbocycles. The van der Waals surface area contributed by atoms with Gasteiger partial charge in [-0.2, -0.15) is 8.78 Å². The van der Waals surface area contributed by atoms with Gasteiger partial charge in [-0.3, -0.25) is 9.88 Å². The first kappa shape index (κ1) is 28.2. The lowest BCUT2D eigenvalue weighted by Gasteiger charge is -2.32. The van der Waals surface area contributed by atoms with Gasteiger partial charge in [0.2, 0.25) is 0 Å². The summed E-state index contributed by atoms with van der Waals surface area (Å²) in [7, 11) is 3.03. The van der Waals surface area contributed by atoms with Gasteiger partial charge in [-0.1, -0.05) is 23.7 Å². The highest BCUT2D eigenvalue weighted by Gasteiger charge is 2.42. The molecule has 4 aromatic rings. The Morgan fingerprint density at radius 2 is 1.98 bits per heavy atom. The molecule has 0 unspecified atom stereocenters. The van der Waals surface area contributed by atoms with E-state index in [1.54, 1.807) is 36.0 Å². The van der Waals surface area contributed by atoms with E-state index in [1.807, 2.05) is 19.1 Å². The first-order valence-corrected chi connectivity index (χ1v) is 13.9. The molecular formula is C30H29ClF2N4O5. The number of piperidine rings is 1. The van der Waals surface area contributed by atoms with E-state index < -0.39 is 18.4 Å². The van der Waals surface area contributed by atoms with E-state index >= 15 is 0 Å². The van der Waals surface area contributed by atoms with E-state index in [-0.39, 0.29) is 22.7 Å². The molecular weight excluding hydrogens is 570 g/mol. The summed E-state index contributed by atoms with van der Waals surface area (Å²) in [5.74, 6) is 0.491. The third kappa shape index (κ3) is 5.22. The van der Waals surface area contributed by atoms with Crippen LogP contribution < -0.4 is 14.2 Å². The van der Waals surface area contributed by atoms with Crippen molar-refractivity contribution in [3.05, 3.63) is 76.3 Å². The number of alkyl halides is 2. The molecule has 0 bridgehead atoms. The van der Waals surface area contributed by atoms with Crippen LogP contribution in [0.25, 0.3) is 11.0 Å². The standard InChI is InChI=1S/C30H29ClF2N4O5/c1-30(24-8-7-19(31)15-34-24)41-22-6-4-5-20(27(22)42-30)17-9-11-37(12-10-17)16-25-35-26-21(36(25)2)13-18(28(38)39-3)14-23(26)40-29(32)33/h4-8,13-15,17,29H,9-12,16H2,1-3H3/t30-/m0/s1. The van der Waals surface area contributed by atoms with Crippen LogP contribution in [0.4, 0.5) is 8.78 Å². The van der Waals surface area contributed by atoms with Crippen molar-refractivity contribution in [2.45, 2.75) is 44.6 Å². The summed E-state index contributed by atoms with van der Waals surface area (Å²) in [6.07, 6.45) is 3.33. The van der Waals surface area contributed by atoms with Gasteiger partial charge in [0.15, 0.2) is 17.2 Å². The Balaban J connectivity index is 1.18. The Morgan fingerprint density at radius 3 is 2.67 bits per heavy atom. The van der Waals surface area contributed by atoms with E-state index in [0.29, 0.717) is 34.4 Å². The Morgan fingerprint density at radius 1 is 1.19 bits per heavy atom. The summed E-state index contributed by atoms with van der Waals surface area (Å²) in [6.45, 7) is 0.884. The molecule has 220 valence electrons. The van der Waals surface area contributed by atoms with Gasteiger partial charge >= 0.3 is 12.6 Å². The number of aryl methyl sites for hydroxylation is 1.